The van der Waals surface area contributed by atoms with E-state index in [1.807, 2.05) is 6.07 Å². The lowest BCUT2D eigenvalue weighted by molar-refractivity contribution is 0.581. The highest BCUT2D eigenvalue weighted by Gasteiger charge is 1.98. The van der Waals surface area contributed by atoms with Gasteiger partial charge in [0.05, 0.1) is 6.26 Å². The second-order valence-corrected chi connectivity index (χ2v) is 6.10. The van der Waals surface area contributed by atoms with Crippen LogP contribution in [0.1, 0.15) is 5.56 Å². The molecule has 2 N–H and O–H groups in total. The fourth-order valence-corrected chi connectivity index (χ4v) is 2.00. The minimum Gasteiger partial charge on any atom is -0.311 e. The molecular formula is C9H14BrN3O2S. The fourth-order valence-electron chi connectivity index (χ4n) is 1.11. The van der Waals surface area contributed by atoms with Gasteiger partial charge in [-0.05, 0) is 27.6 Å². The van der Waals surface area contributed by atoms with E-state index in [4.69, 9.17) is 0 Å². The third-order valence-electron chi connectivity index (χ3n) is 1.76. The first kappa shape index (κ1) is 13.6. The minimum atomic E-state index is -3.09. The second-order valence-electron chi connectivity index (χ2n) is 3.35. The van der Waals surface area contributed by atoms with Crippen molar-refractivity contribution in [1.82, 2.24) is 15.0 Å². The Morgan fingerprint density at radius 2 is 2.12 bits per heavy atom. The topological polar surface area (TPSA) is 71.1 Å². The fraction of sp³-hybridized carbons (Fsp3) is 0.444. The maximum atomic E-state index is 10.8. The molecule has 1 aromatic heterocycles. The molecule has 16 heavy (non-hydrogen) atoms. The van der Waals surface area contributed by atoms with Crippen LogP contribution in [-0.4, -0.2) is 32.7 Å². The molecule has 0 radical (unpaired) electrons. The van der Waals surface area contributed by atoms with Crippen LogP contribution in [-0.2, 0) is 16.6 Å². The molecule has 5 nitrogen and oxygen atoms in total. The largest absolute Gasteiger partial charge is 0.311 e. The standard InChI is InChI=1S/C9H14BrN3O2S/c1-16(14,15)13-3-2-11-5-8-4-9(10)7-12-6-8/h4,6-7,11,13H,2-3,5H2,1H3. The van der Waals surface area contributed by atoms with Gasteiger partial charge < -0.3 is 5.32 Å². The van der Waals surface area contributed by atoms with Gasteiger partial charge in [0.15, 0.2) is 0 Å². The highest BCUT2D eigenvalue weighted by Crippen LogP contribution is 2.08. The molecule has 1 heterocycles. The van der Waals surface area contributed by atoms with E-state index in [1.54, 1.807) is 12.4 Å². The van der Waals surface area contributed by atoms with Gasteiger partial charge in [0.25, 0.3) is 0 Å². The normalized spacial score (nSPS) is 11.6. The SMILES string of the molecule is CS(=O)(=O)NCCNCc1cncc(Br)c1. The quantitative estimate of drug-likeness (QED) is 0.750. The average molecular weight is 308 g/mol. The molecule has 0 fully saturated rings. The molecule has 0 saturated carbocycles. The second kappa shape index (κ2) is 6.29. The number of sulfonamides is 1. The van der Waals surface area contributed by atoms with E-state index < -0.39 is 10.0 Å². The van der Waals surface area contributed by atoms with E-state index in [0.717, 1.165) is 16.3 Å². The molecule has 7 heteroatoms. The predicted octanol–water partition coefficient (Wildman–Crippen LogP) is 0.483. The molecular weight excluding hydrogens is 294 g/mol. The van der Waals surface area contributed by atoms with Crippen molar-refractivity contribution in [3.63, 3.8) is 0 Å². The van der Waals surface area contributed by atoms with Crippen molar-refractivity contribution in [3.8, 4) is 0 Å². The smallest absolute Gasteiger partial charge is 0.208 e. The Labute approximate surface area is 104 Å². The highest BCUT2D eigenvalue weighted by molar-refractivity contribution is 9.10. The summed E-state index contributed by atoms with van der Waals surface area (Å²) in [4.78, 5) is 4.02. The Morgan fingerprint density at radius 3 is 2.75 bits per heavy atom. The molecule has 0 bridgehead atoms. The van der Waals surface area contributed by atoms with Crippen LogP contribution in [0.15, 0.2) is 22.9 Å². The predicted molar refractivity (Wildman–Crippen MR) is 66.5 cm³/mol. The molecule has 1 rings (SSSR count). The van der Waals surface area contributed by atoms with E-state index in [2.05, 4.69) is 31.0 Å². The van der Waals surface area contributed by atoms with Crippen molar-refractivity contribution in [2.75, 3.05) is 19.3 Å². The lowest BCUT2D eigenvalue weighted by atomic mass is 10.3. The summed E-state index contributed by atoms with van der Waals surface area (Å²) >= 11 is 3.33. The number of nitrogens with zero attached hydrogens (tertiary/aromatic N) is 1. The van der Waals surface area contributed by atoms with Gasteiger partial charge >= 0.3 is 0 Å². The van der Waals surface area contributed by atoms with Gasteiger partial charge in [-0.25, -0.2) is 13.1 Å². The van der Waals surface area contributed by atoms with Crippen molar-refractivity contribution in [3.05, 3.63) is 28.5 Å². The van der Waals surface area contributed by atoms with Crippen LogP contribution in [0.2, 0.25) is 0 Å². The van der Waals surface area contributed by atoms with E-state index >= 15 is 0 Å². The number of pyridine rings is 1. The lowest BCUT2D eigenvalue weighted by Gasteiger charge is -2.05. The zero-order valence-electron chi connectivity index (χ0n) is 8.90. The van der Waals surface area contributed by atoms with E-state index in [0.29, 0.717) is 19.6 Å². The van der Waals surface area contributed by atoms with Crippen molar-refractivity contribution in [1.29, 1.82) is 0 Å². The lowest BCUT2D eigenvalue weighted by Crippen LogP contribution is -2.30. The Morgan fingerprint density at radius 1 is 1.38 bits per heavy atom. The summed E-state index contributed by atoms with van der Waals surface area (Å²) in [5, 5.41) is 3.11. The van der Waals surface area contributed by atoms with Gasteiger partial charge in [-0.15, -0.1) is 0 Å². The molecule has 0 spiro atoms. The van der Waals surface area contributed by atoms with Crippen LogP contribution in [0.25, 0.3) is 0 Å². The summed E-state index contributed by atoms with van der Waals surface area (Å²) in [6.45, 7) is 1.64. The minimum absolute atomic E-state index is 0.389. The first-order valence-corrected chi connectivity index (χ1v) is 7.40. The van der Waals surface area contributed by atoms with E-state index in [1.165, 1.54) is 0 Å². The summed E-state index contributed by atoms with van der Waals surface area (Å²) in [7, 11) is -3.09. The average Bonchev–Trinajstić information content (AvgIpc) is 2.15. The monoisotopic (exact) mass is 307 g/mol. The highest BCUT2D eigenvalue weighted by atomic mass is 79.9. The van der Waals surface area contributed by atoms with E-state index in [9.17, 15) is 8.42 Å². The van der Waals surface area contributed by atoms with E-state index in [-0.39, 0.29) is 0 Å². The van der Waals surface area contributed by atoms with Crippen LogP contribution in [0.3, 0.4) is 0 Å². The molecule has 0 aliphatic rings. The van der Waals surface area contributed by atoms with Gasteiger partial charge in [0.2, 0.25) is 10.0 Å². The first-order chi connectivity index (χ1) is 7.47. The van der Waals surface area contributed by atoms with Gasteiger partial charge in [-0.1, -0.05) is 0 Å². The van der Waals surface area contributed by atoms with Gasteiger partial charge in [0.1, 0.15) is 0 Å². The molecule has 1 aromatic rings. The molecule has 0 aliphatic heterocycles. The van der Waals surface area contributed by atoms with Crippen LogP contribution in [0.5, 0.6) is 0 Å². The summed E-state index contributed by atoms with van der Waals surface area (Å²) in [5.74, 6) is 0. The molecule has 0 saturated heterocycles. The van der Waals surface area contributed by atoms with Crippen molar-refractivity contribution in [2.45, 2.75) is 6.54 Å². The maximum Gasteiger partial charge on any atom is 0.208 e. The Bertz CT molecular complexity index is 436. The number of aromatic nitrogens is 1. The molecule has 0 amide bonds. The first-order valence-electron chi connectivity index (χ1n) is 4.72. The van der Waals surface area contributed by atoms with Crippen LogP contribution < -0.4 is 10.0 Å². The van der Waals surface area contributed by atoms with Gasteiger partial charge in [0, 0.05) is 36.5 Å². The summed E-state index contributed by atoms with van der Waals surface area (Å²) < 4.78 is 24.8. The third-order valence-corrected chi connectivity index (χ3v) is 2.92. The third kappa shape index (κ3) is 6.16. The number of nitrogens with one attached hydrogen (secondary N) is 2. The maximum absolute atomic E-state index is 10.8. The van der Waals surface area contributed by atoms with Gasteiger partial charge in [-0.2, -0.15) is 0 Å². The summed E-state index contributed by atoms with van der Waals surface area (Å²) in [6, 6.07) is 1.96. The molecule has 0 atom stereocenters. The molecule has 0 aromatic carbocycles. The Kier molecular flexibility index (Phi) is 5.33. The van der Waals surface area contributed by atoms with Crippen LogP contribution >= 0.6 is 15.9 Å². The van der Waals surface area contributed by atoms with Crippen LogP contribution in [0.4, 0.5) is 0 Å². The summed E-state index contributed by atoms with van der Waals surface area (Å²) in [6.07, 6.45) is 4.63. The van der Waals surface area contributed by atoms with Crippen molar-refractivity contribution < 1.29 is 8.42 Å². The Balaban J connectivity index is 2.21. The van der Waals surface area contributed by atoms with Crippen molar-refractivity contribution in [2.24, 2.45) is 0 Å². The zero-order valence-corrected chi connectivity index (χ0v) is 11.3. The number of hydrogen-bond acceptors (Lipinski definition) is 4. The zero-order chi connectivity index (χ0) is 12.0. The summed E-state index contributed by atoms with van der Waals surface area (Å²) in [5.41, 5.74) is 1.05. The number of hydrogen-bond donors (Lipinski definition) is 2. The van der Waals surface area contributed by atoms with Gasteiger partial charge in [-0.3, -0.25) is 4.98 Å². The van der Waals surface area contributed by atoms with Crippen molar-refractivity contribution >= 4 is 26.0 Å². The molecule has 0 aliphatic carbocycles. The number of halogens is 1. The number of rotatable bonds is 6. The Hall–Kier alpha value is -0.500. The molecule has 90 valence electrons. The van der Waals surface area contributed by atoms with Crippen LogP contribution in [0, 0.1) is 0 Å². The molecule has 0 unspecified atom stereocenters.